The summed E-state index contributed by atoms with van der Waals surface area (Å²) in [6.45, 7) is 4.52. The van der Waals surface area contributed by atoms with E-state index in [1.807, 2.05) is 7.11 Å². The molecule has 0 aromatic carbocycles. The molecule has 1 aliphatic rings. The Labute approximate surface area is 69.3 Å². The molecule has 0 aromatic heterocycles. The zero-order valence-electron chi connectivity index (χ0n) is 7.65. The summed E-state index contributed by atoms with van der Waals surface area (Å²) < 4.78 is 5.49. The second kappa shape index (κ2) is 4.07. The normalized spacial score (nSPS) is 25.6. The molecule has 2 nitrogen and oxygen atoms in total. The molecule has 0 amide bonds. The third kappa shape index (κ3) is 2.80. The van der Waals surface area contributed by atoms with Crippen molar-refractivity contribution in [3.63, 3.8) is 0 Å². The van der Waals surface area contributed by atoms with Crippen LogP contribution in [0.4, 0.5) is 0 Å². The Balaban J connectivity index is 2.37. The van der Waals surface area contributed by atoms with Crippen molar-refractivity contribution in [1.82, 2.24) is 5.32 Å². The van der Waals surface area contributed by atoms with Crippen molar-refractivity contribution in [2.45, 2.75) is 38.2 Å². The van der Waals surface area contributed by atoms with Gasteiger partial charge in [0.25, 0.3) is 0 Å². The van der Waals surface area contributed by atoms with Gasteiger partial charge in [-0.3, -0.25) is 0 Å². The van der Waals surface area contributed by atoms with Crippen LogP contribution in [-0.4, -0.2) is 25.8 Å². The molecule has 2 heteroatoms. The maximum Gasteiger partial charge on any atom is 0.0651 e. The van der Waals surface area contributed by atoms with E-state index in [0.717, 1.165) is 13.1 Å². The number of hydrogen-bond donors (Lipinski definition) is 1. The van der Waals surface area contributed by atoms with E-state index < -0.39 is 0 Å². The SMILES string of the molecule is COC1(C)CCCNCCC1. The van der Waals surface area contributed by atoms with Gasteiger partial charge in [0, 0.05) is 7.11 Å². The van der Waals surface area contributed by atoms with Crippen molar-refractivity contribution in [1.29, 1.82) is 0 Å². The Kier molecular flexibility index (Phi) is 3.34. The Morgan fingerprint density at radius 2 is 1.73 bits per heavy atom. The third-order valence-corrected chi connectivity index (χ3v) is 2.61. The molecule has 1 heterocycles. The first-order chi connectivity index (χ1) is 5.27. The molecule has 1 saturated heterocycles. The van der Waals surface area contributed by atoms with E-state index in [4.69, 9.17) is 4.74 Å². The number of nitrogens with one attached hydrogen (secondary N) is 1. The summed E-state index contributed by atoms with van der Waals surface area (Å²) in [7, 11) is 1.83. The highest BCUT2D eigenvalue weighted by Crippen LogP contribution is 2.23. The van der Waals surface area contributed by atoms with E-state index >= 15 is 0 Å². The van der Waals surface area contributed by atoms with Gasteiger partial charge in [0.2, 0.25) is 0 Å². The predicted octanol–water partition coefficient (Wildman–Crippen LogP) is 1.56. The molecule has 0 radical (unpaired) electrons. The Morgan fingerprint density at radius 1 is 1.18 bits per heavy atom. The average molecular weight is 157 g/mol. The lowest BCUT2D eigenvalue weighted by Crippen LogP contribution is -2.33. The molecule has 0 bridgehead atoms. The number of ether oxygens (including phenoxy) is 1. The van der Waals surface area contributed by atoms with Crippen molar-refractivity contribution in [3.05, 3.63) is 0 Å². The van der Waals surface area contributed by atoms with E-state index in [9.17, 15) is 0 Å². The first-order valence-electron chi connectivity index (χ1n) is 4.53. The molecule has 1 N–H and O–H groups in total. The largest absolute Gasteiger partial charge is 0.379 e. The minimum atomic E-state index is 0.155. The number of methoxy groups -OCH3 is 1. The summed E-state index contributed by atoms with van der Waals surface area (Å²) in [6.07, 6.45) is 4.86. The van der Waals surface area contributed by atoms with Gasteiger partial charge < -0.3 is 10.1 Å². The van der Waals surface area contributed by atoms with Gasteiger partial charge in [-0.25, -0.2) is 0 Å². The molecule has 0 spiro atoms. The van der Waals surface area contributed by atoms with Crippen LogP contribution >= 0.6 is 0 Å². The second-order valence-corrected chi connectivity index (χ2v) is 3.61. The molecule has 0 saturated carbocycles. The van der Waals surface area contributed by atoms with Gasteiger partial charge in [-0.05, 0) is 45.7 Å². The van der Waals surface area contributed by atoms with E-state index in [1.54, 1.807) is 0 Å². The van der Waals surface area contributed by atoms with E-state index in [1.165, 1.54) is 25.7 Å². The van der Waals surface area contributed by atoms with Gasteiger partial charge in [0.15, 0.2) is 0 Å². The van der Waals surface area contributed by atoms with Gasteiger partial charge in [0.1, 0.15) is 0 Å². The maximum absolute atomic E-state index is 5.49. The summed E-state index contributed by atoms with van der Waals surface area (Å²) in [6, 6.07) is 0. The van der Waals surface area contributed by atoms with Gasteiger partial charge in [-0.2, -0.15) is 0 Å². The minimum absolute atomic E-state index is 0.155. The van der Waals surface area contributed by atoms with Gasteiger partial charge in [-0.15, -0.1) is 0 Å². The second-order valence-electron chi connectivity index (χ2n) is 3.61. The lowest BCUT2D eigenvalue weighted by Gasteiger charge is -2.30. The van der Waals surface area contributed by atoms with Crippen LogP contribution in [0.5, 0.6) is 0 Å². The molecule has 1 rings (SSSR count). The molecule has 0 aliphatic carbocycles. The third-order valence-electron chi connectivity index (χ3n) is 2.61. The molecular formula is C9H19NO. The summed E-state index contributed by atoms with van der Waals surface area (Å²) in [5, 5.41) is 3.39. The molecule has 0 atom stereocenters. The summed E-state index contributed by atoms with van der Waals surface area (Å²) in [4.78, 5) is 0. The first kappa shape index (κ1) is 9.01. The minimum Gasteiger partial charge on any atom is -0.379 e. The molecular weight excluding hydrogens is 138 g/mol. The van der Waals surface area contributed by atoms with Crippen molar-refractivity contribution in [3.8, 4) is 0 Å². The summed E-state index contributed by atoms with van der Waals surface area (Å²) in [5.41, 5.74) is 0.155. The highest BCUT2D eigenvalue weighted by atomic mass is 16.5. The highest BCUT2D eigenvalue weighted by molar-refractivity contribution is 4.77. The Bertz CT molecular complexity index is 106. The standard InChI is InChI=1S/C9H19NO/c1-9(11-2)5-3-7-10-8-4-6-9/h10H,3-8H2,1-2H3. The molecule has 1 aliphatic heterocycles. The van der Waals surface area contributed by atoms with Crippen molar-refractivity contribution in [2.24, 2.45) is 0 Å². The van der Waals surface area contributed by atoms with Crippen LogP contribution in [0.2, 0.25) is 0 Å². The fourth-order valence-corrected chi connectivity index (χ4v) is 1.63. The van der Waals surface area contributed by atoms with E-state index in [0.29, 0.717) is 0 Å². The van der Waals surface area contributed by atoms with Crippen LogP contribution in [0.3, 0.4) is 0 Å². The molecule has 0 aromatic rings. The van der Waals surface area contributed by atoms with Crippen LogP contribution in [0.25, 0.3) is 0 Å². The first-order valence-corrected chi connectivity index (χ1v) is 4.53. The smallest absolute Gasteiger partial charge is 0.0651 e. The van der Waals surface area contributed by atoms with Crippen LogP contribution in [-0.2, 0) is 4.74 Å². The topological polar surface area (TPSA) is 21.3 Å². The highest BCUT2D eigenvalue weighted by Gasteiger charge is 2.23. The summed E-state index contributed by atoms with van der Waals surface area (Å²) in [5.74, 6) is 0. The zero-order valence-corrected chi connectivity index (χ0v) is 7.65. The van der Waals surface area contributed by atoms with Gasteiger partial charge in [-0.1, -0.05) is 0 Å². The molecule has 0 unspecified atom stereocenters. The van der Waals surface area contributed by atoms with E-state index in [2.05, 4.69) is 12.2 Å². The Hall–Kier alpha value is -0.0800. The lowest BCUT2D eigenvalue weighted by atomic mass is 9.93. The van der Waals surface area contributed by atoms with Crippen LogP contribution in [0, 0.1) is 0 Å². The van der Waals surface area contributed by atoms with Gasteiger partial charge >= 0.3 is 0 Å². The monoisotopic (exact) mass is 157 g/mol. The molecule has 11 heavy (non-hydrogen) atoms. The fraction of sp³-hybridized carbons (Fsp3) is 1.00. The Morgan fingerprint density at radius 3 is 2.18 bits per heavy atom. The lowest BCUT2D eigenvalue weighted by molar-refractivity contribution is -0.0135. The quantitative estimate of drug-likeness (QED) is 0.623. The van der Waals surface area contributed by atoms with Crippen LogP contribution < -0.4 is 5.32 Å². The van der Waals surface area contributed by atoms with Crippen molar-refractivity contribution in [2.75, 3.05) is 20.2 Å². The average Bonchev–Trinajstić information content (AvgIpc) is 1.98. The van der Waals surface area contributed by atoms with Crippen molar-refractivity contribution < 1.29 is 4.74 Å². The maximum atomic E-state index is 5.49. The number of rotatable bonds is 1. The summed E-state index contributed by atoms with van der Waals surface area (Å²) >= 11 is 0. The van der Waals surface area contributed by atoms with E-state index in [-0.39, 0.29) is 5.60 Å². The number of hydrogen-bond acceptors (Lipinski definition) is 2. The van der Waals surface area contributed by atoms with Crippen molar-refractivity contribution >= 4 is 0 Å². The van der Waals surface area contributed by atoms with Crippen LogP contribution in [0.1, 0.15) is 32.6 Å². The zero-order chi connectivity index (χ0) is 8.16. The molecule has 66 valence electrons. The van der Waals surface area contributed by atoms with Crippen LogP contribution in [0.15, 0.2) is 0 Å². The molecule has 1 fully saturated rings. The predicted molar refractivity (Wildman–Crippen MR) is 46.8 cm³/mol. The fourth-order valence-electron chi connectivity index (χ4n) is 1.63. The van der Waals surface area contributed by atoms with Gasteiger partial charge in [0.05, 0.1) is 5.60 Å².